The highest BCUT2D eigenvalue weighted by Gasteiger charge is 2.19. The zero-order valence-electron chi connectivity index (χ0n) is 45.4. The smallest absolute Gasteiger partial charge is 0.306 e. The summed E-state index contributed by atoms with van der Waals surface area (Å²) in [5.74, 6) is -1.01. The molecule has 71 heavy (non-hydrogen) atoms. The van der Waals surface area contributed by atoms with Crippen molar-refractivity contribution in [2.45, 2.75) is 232 Å². The third-order valence-corrected chi connectivity index (χ3v) is 11.3. The van der Waals surface area contributed by atoms with E-state index in [1.807, 2.05) is 0 Å². The number of esters is 3. The Hall–Kier alpha value is -4.71. The van der Waals surface area contributed by atoms with Crippen molar-refractivity contribution in [3.8, 4) is 0 Å². The van der Waals surface area contributed by atoms with Crippen LogP contribution in [0.5, 0.6) is 0 Å². The van der Waals surface area contributed by atoms with E-state index in [-0.39, 0.29) is 37.5 Å². The summed E-state index contributed by atoms with van der Waals surface area (Å²) in [7, 11) is 0. The first-order chi connectivity index (χ1) is 35.0. The molecule has 0 saturated carbocycles. The monoisotopic (exact) mass is 979 g/mol. The van der Waals surface area contributed by atoms with Crippen LogP contribution in [0.1, 0.15) is 226 Å². The second-order valence-corrected chi connectivity index (χ2v) is 18.0. The maximum absolute atomic E-state index is 12.8. The lowest BCUT2D eigenvalue weighted by atomic mass is 10.1. The van der Waals surface area contributed by atoms with Gasteiger partial charge in [0.1, 0.15) is 13.2 Å². The molecule has 6 heteroatoms. The summed E-state index contributed by atoms with van der Waals surface area (Å²) < 4.78 is 16.8. The molecule has 0 bridgehead atoms. The lowest BCUT2D eigenvalue weighted by molar-refractivity contribution is -0.167. The number of carbonyl (C=O) groups is 3. The number of hydrogen-bond donors (Lipinski definition) is 0. The molecule has 0 aliphatic heterocycles. The quantitative estimate of drug-likeness (QED) is 0.0262. The van der Waals surface area contributed by atoms with Crippen LogP contribution in [0.2, 0.25) is 0 Å². The normalized spacial score (nSPS) is 13.2. The number of unbranched alkanes of at least 4 members (excludes halogenated alkanes) is 14. The van der Waals surface area contributed by atoms with Crippen LogP contribution in [0.3, 0.4) is 0 Å². The average molecular weight is 980 g/mol. The molecule has 0 N–H and O–H groups in total. The van der Waals surface area contributed by atoms with E-state index in [1.165, 1.54) is 38.5 Å². The Morgan fingerprint density at radius 1 is 0.282 bits per heavy atom. The molecular formula is C65H102O6. The molecule has 0 aliphatic rings. The van der Waals surface area contributed by atoms with Crippen molar-refractivity contribution in [2.24, 2.45) is 0 Å². The Labute approximate surface area is 436 Å². The van der Waals surface area contributed by atoms with Gasteiger partial charge in [0.05, 0.1) is 0 Å². The van der Waals surface area contributed by atoms with Gasteiger partial charge in [-0.3, -0.25) is 14.4 Å². The molecule has 0 saturated heterocycles. The van der Waals surface area contributed by atoms with E-state index in [0.29, 0.717) is 19.3 Å². The summed E-state index contributed by atoms with van der Waals surface area (Å²) in [5.41, 5.74) is 0. The molecule has 0 aliphatic carbocycles. The largest absolute Gasteiger partial charge is 0.462 e. The predicted molar refractivity (Wildman–Crippen MR) is 306 cm³/mol. The van der Waals surface area contributed by atoms with Gasteiger partial charge in [0.2, 0.25) is 0 Å². The predicted octanol–water partition coefficient (Wildman–Crippen LogP) is 19.2. The van der Waals surface area contributed by atoms with Crippen molar-refractivity contribution < 1.29 is 28.6 Å². The van der Waals surface area contributed by atoms with Crippen molar-refractivity contribution in [1.29, 1.82) is 0 Å². The third kappa shape index (κ3) is 56.1. The number of carbonyl (C=O) groups excluding carboxylic acids is 3. The molecule has 0 amide bonds. The number of allylic oxidation sites excluding steroid dienone is 24. The zero-order valence-corrected chi connectivity index (χ0v) is 45.4. The first kappa shape index (κ1) is 66.3. The second kappa shape index (κ2) is 57.9. The fraction of sp³-hybridized carbons (Fsp3) is 0.585. The highest BCUT2D eigenvalue weighted by molar-refractivity contribution is 5.71. The maximum atomic E-state index is 12.8. The van der Waals surface area contributed by atoms with Crippen molar-refractivity contribution >= 4 is 17.9 Å². The number of rotatable bonds is 49. The van der Waals surface area contributed by atoms with Crippen LogP contribution in [-0.2, 0) is 28.6 Å². The average Bonchev–Trinajstić information content (AvgIpc) is 3.37. The van der Waals surface area contributed by atoms with Gasteiger partial charge in [0.15, 0.2) is 6.10 Å². The number of hydrogen-bond acceptors (Lipinski definition) is 6. The Kier molecular flexibility index (Phi) is 54.0. The molecule has 6 nitrogen and oxygen atoms in total. The van der Waals surface area contributed by atoms with Crippen LogP contribution in [0.15, 0.2) is 146 Å². The molecule has 398 valence electrons. The molecular weight excluding hydrogens is 877 g/mol. The minimum atomic E-state index is -0.825. The first-order valence-electron chi connectivity index (χ1n) is 28.3. The Balaban J connectivity index is 4.54. The van der Waals surface area contributed by atoms with E-state index in [4.69, 9.17) is 14.2 Å². The molecule has 0 aromatic carbocycles. The molecule has 0 heterocycles. The highest BCUT2D eigenvalue weighted by Crippen LogP contribution is 2.13. The number of ether oxygens (including phenoxy) is 3. The van der Waals surface area contributed by atoms with Crippen molar-refractivity contribution in [1.82, 2.24) is 0 Å². The molecule has 1 atom stereocenters. The summed E-state index contributed by atoms with van der Waals surface area (Å²) >= 11 is 0. The van der Waals surface area contributed by atoms with Crippen LogP contribution in [0.25, 0.3) is 0 Å². The van der Waals surface area contributed by atoms with Crippen LogP contribution in [-0.4, -0.2) is 37.2 Å². The van der Waals surface area contributed by atoms with Gasteiger partial charge in [0.25, 0.3) is 0 Å². The van der Waals surface area contributed by atoms with E-state index < -0.39 is 6.10 Å². The standard InChI is InChI=1S/C65H102O6/c1-4-7-10-13-16-19-22-25-28-31-32-35-37-40-43-46-49-52-55-58-64(67)70-61-62(71-65(68)59-56-53-50-47-44-41-38-34-30-27-24-21-18-15-12-9-6-3)60-69-63(66)57-54-51-48-45-42-39-36-33-29-26-23-20-17-14-11-8-5-2/h7-12,16-21,25-30,32,35,38,41,47,50,62H,4-6,13-15,22-24,31,33-34,36-37,39-40,42-46,48-49,51-61H2,1-3H3/b10-7-,11-8-,12-9-,19-16-,20-17-,21-18-,28-25-,29-26-,30-27-,35-32-,41-38-,50-47-. The van der Waals surface area contributed by atoms with Gasteiger partial charge >= 0.3 is 17.9 Å². The molecule has 1 unspecified atom stereocenters. The summed E-state index contributed by atoms with van der Waals surface area (Å²) in [6.45, 7) is 6.22. The minimum absolute atomic E-state index is 0.116. The van der Waals surface area contributed by atoms with Gasteiger partial charge in [0, 0.05) is 19.3 Å². The fourth-order valence-corrected chi connectivity index (χ4v) is 7.19. The lowest BCUT2D eigenvalue weighted by Gasteiger charge is -2.18. The van der Waals surface area contributed by atoms with Crippen LogP contribution >= 0.6 is 0 Å². The van der Waals surface area contributed by atoms with E-state index >= 15 is 0 Å². The molecule has 0 spiro atoms. The first-order valence-corrected chi connectivity index (χ1v) is 28.3. The molecule has 0 aromatic rings. The Morgan fingerprint density at radius 2 is 0.521 bits per heavy atom. The van der Waals surface area contributed by atoms with Gasteiger partial charge < -0.3 is 14.2 Å². The van der Waals surface area contributed by atoms with Crippen LogP contribution in [0.4, 0.5) is 0 Å². The van der Waals surface area contributed by atoms with Gasteiger partial charge in [-0.1, -0.05) is 224 Å². The van der Waals surface area contributed by atoms with Gasteiger partial charge in [-0.2, -0.15) is 0 Å². The van der Waals surface area contributed by atoms with Gasteiger partial charge in [-0.15, -0.1) is 0 Å². The van der Waals surface area contributed by atoms with Crippen LogP contribution in [0, 0.1) is 0 Å². The molecule has 0 fully saturated rings. The maximum Gasteiger partial charge on any atom is 0.306 e. The molecule has 0 aromatic heterocycles. The SMILES string of the molecule is CC/C=C\C/C=C\C/C=C\C/C=C\C/C=C\CCCC(=O)OC(COC(=O)CCCCCCCC/C=C\C/C=C\C/C=C\C/C=C\CC)COC(=O)CCCCCCCCC/C=C\C/C=C\C/C=C\CC. The molecule has 0 radical (unpaired) electrons. The minimum Gasteiger partial charge on any atom is -0.462 e. The van der Waals surface area contributed by atoms with Gasteiger partial charge in [-0.05, 0) is 128 Å². The third-order valence-electron chi connectivity index (χ3n) is 11.3. The molecule has 0 rings (SSSR count). The van der Waals surface area contributed by atoms with Crippen molar-refractivity contribution in [2.75, 3.05) is 13.2 Å². The summed E-state index contributed by atoms with van der Waals surface area (Å²) in [6, 6.07) is 0. The van der Waals surface area contributed by atoms with E-state index in [1.54, 1.807) is 0 Å². The summed E-state index contributed by atoms with van der Waals surface area (Å²) in [6.07, 6.45) is 82.6. The lowest BCUT2D eigenvalue weighted by Crippen LogP contribution is -2.30. The topological polar surface area (TPSA) is 78.9 Å². The Bertz CT molecular complexity index is 1590. The van der Waals surface area contributed by atoms with E-state index in [9.17, 15) is 14.4 Å². The summed E-state index contributed by atoms with van der Waals surface area (Å²) in [4.78, 5) is 38.2. The summed E-state index contributed by atoms with van der Waals surface area (Å²) in [5, 5.41) is 0. The Morgan fingerprint density at radius 3 is 0.831 bits per heavy atom. The second-order valence-electron chi connectivity index (χ2n) is 18.0. The zero-order chi connectivity index (χ0) is 51.4. The van der Waals surface area contributed by atoms with E-state index in [0.717, 1.165) is 141 Å². The van der Waals surface area contributed by atoms with Gasteiger partial charge in [-0.25, -0.2) is 0 Å². The van der Waals surface area contributed by atoms with E-state index in [2.05, 4.69) is 167 Å². The fourth-order valence-electron chi connectivity index (χ4n) is 7.19. The van der Waals surface area contributed by atoms with Crippen molar-refractivity contribution in [3.05, 3.63) is 146 Å². The van der Waals surface area contributed by atoms with Crippen molar-refractivity contribution in [3.63, 3.8) is 0 Å². The van der Waals surface area contributed by atoms with Crippen LogP contribution < -0.4 is 0 Å². The highest BCUT2D eigenvalue weighted by atomic mass is 16.6.